The number of nitrogens with zero attached hydrogens (tertiary/aromatic N) is 5. The van der Waals surface area contributed by atoms with E-state index in [4.69, 9.17) is 15.2 Å². The number of hydrogen-bond acceptors (Lipinski definition) is 9. The summed E-state index contributed by atoms with van der Waals surface area (Å²) >= 11 is 0. The Labute approximate surface area is 185 Å². The van der Waals surface area contributed by atoms with E-state index in [1.807, 2.05) is 38.1 Å². The Balaban J connectivity index is 1.55. The van der Waals surface area contributed by atoms with Crippen LogP contribution in [-0.2, 0) is 0 Å². The fraction of sp³-hybridized carbons (Fsp3) is 0.261. The summed E-state index contributed by atoms with van der Waals surface area (Å²) in [6.45, 7) is 3.89. The van der Waals surface area contributed by atoms with E-state index in [1.54, 1.807) is 13.2 Å². The third-order valence-electron chi connectivity index (χ3n) is 5.52. The number of fused-ring (bicyclic) bond motifs is 1. The number of benzene rings is 1. The lowest BCUT2D eigenvalue weighted by molar-refractivity contribution is 0.402. The number of aromatic nitrogens is 5. The molecule has 1 fully saturated rings. The van der Waals surface area contributed by atoms with Crippen molar-refractivity contribution in [1.82, 2.24) is 25.1 Å². The highest BCUT2D eigenvalue weighted by molar-refractivity contribution is 5.94. The standard InChI is InChI=1S/C23H23N7O2/c1-12-4-8-17(31-3)13(2)21(12)32-23-20-16(25-11-26-22(20)24)10-19(28-23)27-18-9-7-15(29-30-18)14-5-6-14/h4,7-11,14H,5-6H2,1-3H3,(H2,24,25,26)(H,27,28,30). The van der Waals surface area contributed by atoms with Gasteiger partial charge in [-0.2, -0.15) is 10.1 Å². The second kappa shape index (κ2) is 7.92. The van der Waals surface area contributed by atoms with Gasteiger partial charge in [-0.05, 0) is 50.5 Å². The van der Waals surface area contributed by atoms with Gasteiger partial charge in [0.25, 0.3) is 0 Å². The molecule has 1 aliphatic rings. The predicted octanol–water partition coefficient (Wildman–Crippen LogP) is 4.44. The van der Waals surface area contributed by atoms with Crippen molar-refractivity contribution in [3.05, 3.63) is 53.5 Å². The first-order chi connectivity index (χ1) is 15.5. The summed E-state index contributed by atoms with van der Waals surface area (Å²) in [5, 5.41) is 12.3. The van der Waals surface area contributed by atoms with Crippen molar-refractivity contribution in [2.24, 2.45) is 0 Å². The van der Waals surface area contributed by atoms with Crippen molar-refractivity contribution in [2.75, 3.05) is 18.2 Å². The molecule has 162 valence electrons. The normalized spacial score (nSPS) is 13.2. The van der Waals surface area contributed by atoms with E-state index in [0.29, 0.717) is 40.1 Å². The molecule has 0 amide bonds. The molecular formula is C23H23N7O2. The lowest BCUT2D eigenvalue weighted by Gasteiger charge is -2.16. The molecule has 0 bridgehead atoms. The number of nitrogen functional groups attached to an aromatic ring is 1. The van der Waals surface area contributed by atoms with E-state index in [9.17, 15) is 0 Å². The van der Waals surface area contributed by atoms with Crippen LogP contribution in [0.4, 0.5) is 17.5 Å². The maximum Gasteiger partial charge on any atom is 0.234 e. The van der Waals surface area contributed by atoms with Gasteiger partial charge < -0.3 is 20.5 Å². The molecule has 3 N–H and O–H groups in total. The zero-order valence-corrected chi connectivity index (χ0v) is 18.1. The maximum absolute atomic E-state index is 6.29. The number of rotatable bonds is 6. The number of hydrogen-bond donors (Lipinski definition) is 2. The summed E-state index contributed by atoms with van der Waals surface area (Å²) in [6, 6.07) is 9.51. The summed E-state index contributed by atoms with van der Waals surface area (Å²) in [5.74, 6) is 3.59. The van der Waals surface area contributed by atoms with E-state index < -0.39 is 0 Å². The van der Waals surface area contributed by atoms with Crippen LogP contribution in [0.5, 0.6) is 17.4 Å². The first kappa shape index (κ1) is 19.9. The minimum absolute atomic E-state index is 0.288. The van der Waals surface area contributed by atoms with Gasteiger partial charge in [0.15, 0.2) is 5.82 Å². The molecule has 32 heavy (non-hydrogen) atoms. The molecule has 1 aromatic carbocycles. The van der Waals surface area contributed by atoms with Crippen LogP contribution in [0.1, 0.15) is 35.6 Å². The fourth-order valence-corrected chi connectivity index (χ4v) is 3.63. The van der Waals surface area contributed by atoms with Crippen molar-refractivity contribution >= 4 is 28.4 Å². The van der Waals surface area contributed by atoms with E-state index in [2.05, 4.69) is 30.5 Å². The molecule has 0 atom stereocenters. The van der Waals surface area contributed by atoms with Crippen LogP contribution in [0.15, 0.2) is 36.7 Å². The van der Waals surface area contributed by atoms with Crippen LogP contribution in [0.2, 0.25) is 0 Å². The van der Waals surface area contributed by atoms with Crippen molar-refractivity contribution in [1.29, 1.82) is 0 Å². The van der Waals surface area contributed by atoms with Crippen molar-refractivity contribution in [3.63, 3.8) is 0 Å². The topological polar surface area (TPSA) is 121 Å². The highest BCUT2D eigenvalue weighted by atomic mass is 16.5. The maximum atomic E-state index is 6.29. The largest absolute Gasteiger partial charge is 0.496 e. The van der Waals surface area contributed by atoms with Crippen molar-refractivity contribution < 1.29 is 9.47 Å². The Morgan fingerprint density at radius 3 is 2.59 bits per heavy atom. The molecule has 5 rings (SSSR count). The molecule has 4 aromatic rings. The molecule has 9 heteroatoms. The number of nitrogens with two attached hydrogens (primary N) is 1. The first-order valence-electron chi connectivity index (χ1n) is 10.4. The van der Waals surface area contributed by atoms with E-state index in [0.717, 1.165) is 22.6 Å². The number of aryl methyl sites for hydroxylation is 1. The summed E-state index contributed by atoms with van der Waals surface area (Å²) in [5.41, 5.74) is 9.58. The van der Waals surface area contributed by atoms with Crippen molar-refractivity contribution in [2.45, 2.75) is 32.6 Å². The second-order valence-corrected chi connectivity index (χ2v) is 7.85. The summed E-state index contributed by atoms with van der Waals surface area (Å²) in [6.07, 6.45) is 3.77. The van der Waals surface area contributed by atoms with Gasteiger partial charge in [-0.1, -0.05) is 6.07 Å². The fourth-order valence-electron chi connectivity index (χ4n) is 3.63. The molecule has 0 aliphatic heterocycles. The average Bonchev–Trinajstić information content (AvgIpc) is 3.63. The van der Waals surface area contributed by atoms with Gasteiger partial charge in [-0.25, -0.2) is 9.97 Å². The van der Waals surface area contributed by atoms with E-state index in [1.165, 1.54) is 19.2 Å². The predicted molar refractivity (Wildman–Crippen MR) is 122 cm³/mol. The summed E-state index contributed by atoms with van der Waals surface area (Å²) in [4.78, 5) is 13.1. The molecule has 1 saturated carbocycles. The third kappa shape index (κ3) is 3.73. The van der Waals surface area contributed by atoms with Crippen LogP contribution in [0.3, 0.4) is 0 Å². The molecule has 0 radical (unpaired) electrons. The Morgan fingerprint density at radius 2 is 1.88 bits per heavy atom. The van der Waals surface area contributed by atoms with E-state index in [-0.39, 0.29) is 5.82 Å². The first-order valence-corrected chi connectivity index (χ1v) is 10.4. The molecule has 9 nitrogen and oxygen atoms in total. The molecule has 0 unspecified atom stereocenters. The van der Waals surface area contributed by atoms with Gasteiger partial charge in [-0.3, -0.25) is 0 Å². The number of pyridine rings is 1. The zero-order chi connectivity index (χ0) is 22.2. The molecular weight excluding hydrogens is 406 g/mol. The smallest absolute Gasteiger partial charge is 0.234 e. The number of ether oxygens (including phenoxy) is 2. The Bertz CT molecular complexity index is 1300. The minimum atomic E-state index is 0.288. The highest BCUT2D eigenvalue weighted by Crippen LogP contribution is 2.39. The zero-order valence-electron chi connectivity index (χ0n) is 18.1. The van der Waals surface area contributed by atoms with Gasteiger partial charge in [-0.15, -0.1) is 5.10 Å². The Hall–Kier alpha value is -4.01. The SMILES string of the molecule is COc1ccc(C)c(Oc2nc(Nc3ccc(C4CC4)nn3)cc3ncnc(N)c23)c1C. The lowest BCUT2D eigenvalue weighted by Crippen LogP contribution is -2.04. The van der Waals surface area contributed by atoms with Crippen LogP contribution < -0.4 is 20.5 Å². The summed E-state index contributed by atoms with van der Waals surface area (Å²) < 4.78 is 11.7. The van der Waals surface area contributed by atoms with Crippen LogP contribution in [0.25, 0.3) is 10.9 Å². The molecule has 3 heterocycles. The van der Waals surface area contributed by atoms with Gasteiger partial charge in [0.05, 0.1) is 18.3 Å². The molecule has 3 aromatic heterocycles. The summed E-state index contributed by atoms with van der Waals surface area (Å²) in [7, 11) is 1.63. The monoisotopic (exact) mass is 429 g/mol. The molecule has 0 saturated heterocycles. The number of nitrogens with one attached hydrogen (secondary N) is 1. The molecule has 1 aliphatic carbocycles. The van der Waals surface area contributed by atoms with E-state index >= 15 is 0 Å². The number of anilines is 3. The Kier molecular flexibility index (Phi) is 4.93. The van der Waals surface area contributed by atoms with Gasteiger partial charge in [0, 0.05) is 17.5 Å². The quantitative estimate of drug-likeness (QED) is 0.458. The lowest BCUT2D eigenvalue weighted by atomic mass is 10.1. The Morgan fingerprint density at radius 1 is 1.03 bits per heavy atom. The number of methoxy groups -OCH3 is 1. The second-order valence-electron chi connectivity index (χ2n) is 7.85. The third-order valence-corrected chi connectivity index (χ3v) is 5.52. The van der Waals surface area contributed by atoms with Crippen LogP contribution in [0, 0.1) is 13.8 Å². The average molecular weight is 429 g/mol. The minimum Gasteiger partial charge on any atom is -0.496 e. The van der Waals surface area contributed by atoms with Crippen LogP contribution >= 0.6 is 0 Å². The van der Waals surface area contributed by atoms with Crippen molar-refractivity contribution in [3.8, 4) is 17.4 Å². The molecule has 0 spiro atoms. The highest BCUT2D eigenvalue weighted by Gasteiger charge is 2.25. The van der Waals surface area contributed by atoms with Gasteiger partial charge in [0.1, 0.15) is 34.8 Å². The van der Waals surface area contributed by atoms with Crippen LogP contribution in [-0.4, -0.2) is 32.3 Å². The van der Waals surface area contributed by atoms with Gasteiger partial charge >= 0.3 is 0 Å². The van der Waals surface area contributed by atoms with Gasteiger partial charge in [0.2, 0.25) is 5.88 Å².